The summed E-state index contributed by atoms with van der Waals surface area (Å²) >= 11 is 0. The largest absolute Gasteiger partial charge is 0.395 e. The van der Waals surface area contributed by atoms with Crippen LogP contribution >= 0.6 is 0 Å². The van der Waals surface area contributed by atoms with Crippen molar-refractivity contribution in [2.75, 3.05) is 6.61 Å². The van der Waals surface area contributed by atoms with E-state index in [1.165, 1.54) is 5.69 Å². The number of aliphatic hydroxyl groups excluding tert-OH is 1. The summed E-state index contributed by atoms with van der Waals surface area (Å²) in [7, 11) is 0. The number of benzene rings is 1. The van der Waals surface area contributed by atoms with Gasteiger partial charge in [0, 0.05) is 24.7 Å². The highest BCUT2D eigenvalue weighted by molar-refractivity contribution is 5.88. The third-order valence-electron chi connectivity index (χ3n) is 6.14. The van der Waals surface area contributed by atoms with Crippen molar-refractivity contribution in [3.05, 3.63) is 53.1 Å². The number of aromatic nitrogens is 2. The van der Waals surface area contributed by atoms with E-state index in [1.807, 2.05) is 25.1 Å². The first-order valence-corrected chi connectivity index (χ1v) is 10.1. The number of nitrogens with one attached hydrogen (secondary N) is 1. The first-order valence-electron chi connectivity index (χ1n) is 10.1. The molecule has 1 aromatic carbocycles. The second-order valence-electron chi connectivity index (χ2n) is 7.50. The monoisotopic (exact) mass is 369 g/mol. The van der Waals surface area contributed by atoms with Gasteiger partial charge in [0.25, 0.3) is 0 Å². The molecule has 1 aliphatic carbocycles. The number of hydrogen-bond acceptors (Lipinski definition) is 3. The number of nitrogens with zero attached hydrogens (tertiary/aromatic N) is 2. The Bertz CT molecular complexity index is 778. The van der Waals surface area contributed by atoms with E-state index < -0.39 is 5.41 Å². The van der Waals surface area contributed by atoms with Crippen molar-refractivity contribution in [1.29, 1.82) is 0 Å². The smallest absolute Gasteiger partial charge is 0.230 e. The van der Waals surface area contributed by atoms with Gasteiger partial charge in [0.05, 0.1) is 17.7 Å². The zero-order valence-electron chi connectivity index (χ0n) is 16.7. The molecule has 27 heavy (non-hydrogen) atoms. The Morgan fingerprint density at radius 2 is 2.00 bits per heavy atom. The minimum atomic E-state index is -0.478. The maximum atomic E-state index is 13.3. The van der Waals surface area contributed by atoms with Gasteiger partial charge >= 0.3 is 0 Å². The quantitative estimate of drug-likeness (QED) is 0.789. The highest BCUT2D eigenvalue weighted by Gasteiger charge is 2.38. The van der Waals surface area contributed by atoms with E-state index in [2.05, 4.69) is 40.8 Å². The number of fused-ring (bicyclic) bond motifs is 1. The zero-order valence-corrected chi connectivity index (χ0v) is 16.7. The lowest BCUT2D eigenvalue weighted by Crippen LogP contribution is -2.49. The van der Waals surface area contributed by atoms with Gasteiger partial charge in [-0.25, -0.2) is 4.98 Å². The lowest BCUT2D eigenvalue weighted by atomic mass is 9.74. The molecule has 1 aliphatic rings. The van der Waals surface area contributed by atoms with Gasteiger partial charge in [-0.3, -0.25) is 4.79 Å². The maximum absolute atomic E-state index is 13.3. The van der Waals surface area contributed by atoms with Crippen LogP contribution in [0.5, 0.6) is 0 Å². The SMILES string of the molecule is CCC(CC)(C(=O)NC1CCc2c(nc(C)n2CCO)C1)c1ccccc1. The number of aliphatic hydroxyl groups is 1. The Hall–Kier alpha value is -2.14. The highest BCUT2D eigenvalue weighted by atomic mass is 16.3. The Balaban J connectivity index is 1.77. The summed E-state index contributed by atoms with van der Waals surface area (Å²) in [5.41, 5.74) is 2.89. The van der Waals surface area contributed by atoms with Gasteiger partial charge in [0.1, 0.15) is 5.82 Å². The molecule has 5 nitrogen and oxygen atoms in total. The molecule has 0 saturated carbocycles. The topological polar surface area (TPSA) is 67.2 Å². The van der Waals surface area contributed by atoms with Crippen molar-refractivity contribution in [3.8, 4) is 0 Å². The molecule has 2 aromatic rings. The Kier molecular flexibility index (Phi) is 6.00. The van der Waals surface area contributed by atoms with Crippen molar-refractivity contribution in [2.45, 2.75) is 70.9 Å². The average molecular weight is 370 g/mol. The van der Waals surface area contributed by atoms with Gasteiger partial charge < -0.3 is 15.0 Å². The van der Waals surface area contributed by atoms with Crippen LogP contribution in [0.4, 0.5) is 0 Å². The molecule has 0 radical (unpaired) electrons. The standard InChI is InChI=1S/C22H31N3O2/c1-4-22(5-2,17-9-7-6-8-10-17)21(27)24-18-11-12-20-19(15-18)23-16(3)25(20)13-14-26/h6-10,18,26H,4-5,11-15H2,1-3H3,(H,24,27). The molecular weight excluding hydrogens is 338 g/mol. The van der Waals surface area contributed by atoms with Gasteiger partial charge in [-0.15, -0.1) is 0 Å². The van der Waals surface area contributed by atoms with Crippen molar-refractivity contribution in [1.82, 2.24) is 14.9 Å². The third-order valence-corrected chi connectivity index (χ3v) is 6.14. The maximum Gasteiger partial charge on any atom is 0.230 e. The predicted molar refractivity (Wildman–Crippen MR) is 107 cm³/mol. The Morgan fingerprint density at radius 3 is 2.63 bits per heavy atom. The summed E-state index contributed by atoms with van der Waals surface area (Å²) in [5.74, 6) is 1.07. The number of hydrogen-bond donors (Lipinski definition) is 2. The summed E-state index contributed by atoms with van der Waals surface area (Å²) in [6.45, 7) is 6.88. The van der Waals surface area contributed by atoms with E-state index in [0.29, 0.717) is 6.54 Å². The van der Waals surface area contributed by atoms with Crippen molar-refractivity contribution in [3.63, 3.8) is 0 Å². The van der Waals surface area contributed by atoms with Crippen LogP contribution in [-0.4, -0.2) is 33.2 Å². The van der Waals surface area contributed by atoms with Crippen LogP contribution in [0.3, 0.4) is 0 Å². The fourth-order valence-electron chi connectivity index (χ4n) is 4.47. The van der Waals surface area contributed by atoms with E-state index >= 15 is 0 Å². The summed E-state index contributed by atoms with van der Waals surface area (Å²) < 4.78 is 2.11. The molecule has 1 unspecified atom stereocenters. The fourth-order valence-corrected chi connectivity index (χ4v) is 4.47. The van der Waals surface area contributed by atoms with E-state index in [4.69, 9.17) is 0 Å². The number of aryl methyl sites for hydroxylation is 1. The molecule has 1 amide bonds. The van der Waals surface area contributed by atoms with Crippen LogP contribution in [0.2, 0.25) is 0 Å². The molecule has 5 heteroatoms. The average Bonchev–Trinajstić information content (AvgIpc) is 2.99. The van der Waals surface area contributed by atoms with Crippen LogP contribution < -0.4 is 5.32 Å². The van der Waals surface area contributed by atoms with E-state index in [0.717, 1.165) is 49.2 Å². The lowest BCUT2D eigenvalue weighted by Gasteiger charge is -2.34. The van der Waals surface area contributed by atoms with Crippen LogP contribution in [0, 0.1) is 6.92 Å². The highest BCUT2D eigenvalue weighted by Crippen LogP contribution is 2.33. The molecular formula is C22H31N3O2. The summed E-state index contributed by atoms with van der Waals surface area (Å²) in [4.78, 5) is 18.0. The first-order chi connectivity index (χ1) is 13.1. The number of amides is 1. The van der Waals surface area contributed by atoms with Gasteiger partial charge in [-0.2, -0.15) is 0 Å². The first kappa shape index (κ1) is 19.6. The lowest BCUT2D eigenvalue weighted by molar-refractivity contribution is -0.128. The van der Waals surface area contributed by atoms with Crippen LogP contribution in [0.1, 0.15) is 55.9 Å². The summed E-state index contributed by atoms with van der Waals surface area (Å²) in [6.07, 6.45) is 4.12. The van der Waals surface area contributed by atoms with Gasteiger partial charge in [-0.05, 0) is 38.2 Å². The van der Waals surface area contributed by atoms with Gasteiger partial charge in [0.15, 0.2) is 0 Å². The number of carbonyl (C=O) groups is 1. The molecule has 0 aliphatic heterocycles. The number of carbonyl (C=O) groups excluding carboxylic acids is 1. The molecule has 0 spiro atoms. The van der Waals surface area contributed by atoms with E-state index in [-0.39, 0.29) is 18.6 Å². The molecule has 0 fully saturated rings. The second-order valence-corrected chi connectivity index (χ2v) is 7.50. The summed E-state index contributed by atoms with van der Waals surface area (Å²) in [5, 5.41) is 12.6. The minimum Gasteiger partial charge on any atom is -0.395 e. The second kappa shape index (κ2) is 8.26. The van der Waals surface area contributed by atoms with Crippen LogP contribution in [-0.2, 0) is 29.6 Å². The normalized spacial score (nSPS) is 16.8. The molecule has 146 valence electrons. The third kappa shape index (κ3) is 3.65. The van der Waals surface area contributed by atoms with Crippen molar-refractivity contribution < 1.29 is 9.90 Å². The number of rotatable bonds is 7. The van der Waals surface area contributed by atoms with E-state index in [1.54, 1.807) is 0 Å². The van der Waals surface area contributed by atoms with Gasteiger partial charge in [0.2, 0.25) is 5.91 Å². The van der Waals surface area contributed by atoms with E-state index in [9.17, 15) is 9.90 Å². The zero-order chi connectivity index (χ0) is 19.4. The van der Waals surface area contributed by atoms with Crippen LogP contribution in [0.25, 0.3) is 0 Å². The van der Waals surface area contributed by atoms with Crippen molar-refractivity contribution >= 4 is 5.91 Å². The predicted octanol–water partition coefficient (Wildman–Crippen LogP) is 2.92. The Morgan fingerprint density at radius 1 is 1.30 bits per heavy atom. The fraction of sp³-hybridized carbons (Fsp3) is 0.545. The molecule has 2 N–H and O–H groups in total. The minimum absolute atomic E-state index is 0.114. The summed E-state index contributed by atoms with van der Waals surface area (Å²) in [6, 6.07) is 10.2. The van der Waals surface area contributed by atoms with Crippen molar-refractivity contribution in [2.24, 2.45) is 0 Å². The molecule has 1 aromatic heterocycles. The Labute approximate surface area is 161 Å². The molecule has 0 saturated heterocycles. The molecule has 0 bridgehead atoms. The molecule has 3 rings (SSSR count). The molecule has 1 heterocycles. The van der Waals surface area contributed by atoms with Gasteiger partial charge in [-0.1, -0.05) is 44.2 Å². The number of imidazole rings is 1. The van der Waals surface area contributed by atoms with Crippen LogP contribution in [0.15, 0.2) is 30.3 Å². The molecule has 1 atom stereocenters.